The number of hydrogen-bond donors (Lipinski definition) is 0. The van der Waals surface area contributed by atoms with E-state index in [2.05, 4.69) is 6.07 Å². The molecule has 1 aromatic carbocycles. The number of fused-ring (bicyclic) bond motifs is 1. The fourth-order valence-electron chi connectivity index (χ4n) is 4.04. The lowest BCUT2D eigenvalue weighted by Gasteiger charge is -2.75. The molecule has 4 aliphatic rings. The van der Waals surface area contributed by atoms with Crippen LogP contribution in [0, 0.1) is 0 Å². The SMILES string of the molecule is F[B-](F)(F)C12CC(c3ccc4c(c3)CCO4)(C1)C2. The van der Waals surface area contributed by atoms with Crippen LogP contribution in [0.15, 0.2) is 18.2 Å². The van der Waals surface area contributed by atoms with Gasteiger partial charge in [-0.25, -0.2) is 0 Å². The molecule has 1 aliphatic heterocycles. The Morgan fingerprint density at radius 2 is 1.83 bits per heavy atom. The molecule has 3 saturated carbocycles. The van der Waals surface area contributed by atoms with Crippen molar-refractivity contribution >= 4 is 6.98 Å². The van der Waals surface area contributed by atoms with Crippen LogP contribution >= 0.6 is 0 Å². The molecule has 3 aliphatic carbocycles. The summed E-state index contributed by atoms with van der Waals surface area (Å²) >= 11 is 0. The van der Waals surface area contributed by atoms with Gasteiger partial charge in [-0.15, -0.1) is 0 Å². The molecule has 0 radical (unpaired) electrons. The van der Waals surface area contributed by atoms with Crippen molar-refractivity contribution in [1.82, 2.24) is 0 Å². The van der Waals surface area contributed by atoms with Crippen LogP contribution in [0.3, 0.4) is 0 Å². The Morgan fingerprint density at radius 1 is 1.11 bits per heavy atom. The first-order valence-corrected chi connectivity index (χ1v) is 6.40. The Kier molecular flexibility index (Phi) is 1.73. The van der Waals surface area contributed by atoms with E-state index in [4.69, 9.17) is 4.74 Å². The molecule has 0 amide bonds. The van der Waals surface area contributed by atoms with Crippen molar-refractivity contribution in [3.8, 4) is 5.75 Å². The zero-order valence-corrected chi connectivity index (χ0v) is 9.89. The van der Waals surface area contributed by atoms with E-state index in [1.54, 1.807) is 0 Å². The third-order valence-electron chi connectivity index (χ3n) is 5.07. The van der Waals surface area contributed by atoms with Crippen LogP contribution in [0.25, 0.3) is 0 Å². The van der Waals surface area contributed by atoms with Crippen LogP contribution in [0.4, 0.5) is 12.9 Å². The van der Waals surface area contributed by atoms with Gasteiger partial charge in [-0.05, 0) is 22.6 Å². The Hall–Kier alpha value is -1.13. The molecule has 1 nitrogen and oxygen atoms in total. The third kappa shape index (κ3) is 1.11. The van der Waals surface area contributed by atoms with Crippen LogP contribution in [0.1, 0.15) is 30.4 Å². The summed E-state index contributed by atoms with van der Waals surface area (Å²) in [7, 11) is 0. The lowest BCUT2D eigenvalue weighted by Crippen LogP contribution is -2.67. The molecule has 18 heavy (non-hydrogen) atoms. The molecular formula is C13H13BF3O-. The van der Waals surface area contributed by atoms with Crippen molar-refractivity contribution in [2.24, 2.45) is 0 Å². The van der Waals surface area contributed by atoms with Crippen molar-refractivity contribution < 1.29 is 17.7 Å². The maximum atomic E-state index is 12.9. The minimum Gasteiger partial charge on any atom is -0.493 e. The fourth-order valence-corrected chi connectivity index (χ4v) is 4.04. The third-order valence-corrected chi connectivity index (χ3v) is 5.07. The second-order valence-corrected chi connectivity index (χ2v) is 6.17. The minimum atomic E-state index is -4.67. The zero-order chi connectivity index (χ0) is 12.6. The van der Waals surface area contributed by atoms with Gasteiger partial charge in [-0.1, -0.05) is 36.7 Å². The molecule has 0 saturated heterocycles. The molecule has 5 heteroatoms. The Morgan fingerprint density at radius 3 is 2.50 bits per heavy atom. The Balaban J connectivity index is 1.61. The van der Waals surface area contributed by atoms with E-state index in [9.17, 15) is 12.9 Å². The highest BCUT2D eigenvalue weighted by molar-refractivity contribution is 6.63. The monoisotopic (exact) mass is 253 g/mol. The van der Waals surface area contributed by atoms with E-state index in [1.165, 1.54) is 0 Å². The van der Waals surface area contributed by atoms with Crippen molar-refractivity contribution in [1.29, 1.82) is 0 Å². The molecule has 1 heterocycles. The maximum absolute atomic E-state index is 12.9. The molecule has 0 unspecified atom stereocenters. The lowest BCUT2D eigenvalue weighted by atomic mass is 9.23. The number of benzene rings is 1. The smallest absolute Gasteiger partial charge is 0.484 e. The van der Waals surface area contributed by atoms with Gasteiger partial charge in [0.1, 0.15) is 5.75 Å². The maximum Gasteiger partial charge on any atom is 0.484 e. The van der Waals surface area contributed by atoms with Gasteiger partial charge in [0.05, 0.1) is 6.61 Å². The van der Waals surface area contributed by atoms with Gasteiger partial charge in [-0.3, -0.25) is 0 Å². The minimum absolute atomic E-state index is 0.172. The van der Waals surface area contributed by atoms with Crippen molar-refractivity contribution in [2.75, 3.05) is 6.61 Å². The standard InChI is InChI=1S/C13H13BF3O/c15-14(16,17)13-6-12(7-13,8-13)10-1-2-11-9(5-10)3-4-18-11/h1-2,5H,3-4,6-8H2/q-1. The van der Waals surface area contributed by atoms with Crippen molar-refractivity contribution in [3.05, 3.63) is 29.3 Å². The largest absolute Gasteiger partial charge is 0.493 e. The van der Waals surface area contributed by atoms with Crippen LogP contribution < -0.4 is 4.74 Å². The Bertz CT molecular complexity index is 518. The highest BCUT2D eigenvalue weighted by atomic mass is 19.4. The van der Waals surface area contributed by atoms with Gasteiger partial charge in [0.2, 0.25) is 0 Å². The first kappa shape index (κ1) is 10.8. The van der Waals surface area contributed by atoms with E-state index in [0.29, 0.717) is 25.9 Å². The van der Waals surface area contributed by atoms with Gasteiger partial charge in [0, 0.05) is 6.42 Å². The van der Waals surface area contributed by atoms with Gasteiger partial charge >= 0.3 is 6.98 Å². The number of hydrogen-bond acceptors (Lipinski definition) is 1. The van der Waals surface area contributed by atoms with Gasteiger partial charge < -0.3 is 17.7 Å². The van der Waals surface area contributed by atoms with Gasteiger partial charge in [-0.2, -0.15) is 0 Å². The molecule has 3 fully saturated rings. The van der Waals surface area contributed by atoms with E-state index >= 15 is 0 Å². The van der Waals surface area contributed by atoms with E-state index < -0.39 is 12.3 Å². The number of rotatable bonds is 2. The van der Waals surface area contributed by atoms with Crippen LogP contribution in [-0.2, 0) is 11.8 Å². The molecular weight excluding hydrogens is 240 g/mol. The predicted octanol–water partition coefficient (Wildman–Crippen LogP) is 3.64. The van der Waals surface area contributed by atoms with Gasteiger partial charge in [0.15, 0.2) is 0 Å². The molecule has 96 valence electrons. The molecule has 0 spiro atoms. The molecule has 5 rings (SSSR count). The van der Waals surface area contributed by atoms with Crippen molar-refractivity contribution in [3.63, 3.8) is 0 Å². The quantitative estimate of drug-likeness (QED) is 0.731. The first-order chi connectivity index (χ1) is 8.44. The van der Waals surface area contributed by atoms with Crippen LogP contribution in [0.2, 0.25) is 5.31 Å². The summed E-state index contributed by atoms with van der Waals surface area (Å²) in [5, 5.41) is -1.30. The highest BCUT2D eigenvalue weighted by Gasteiger charge is 2.74. The molecule has 0 N–H and O–H groups in total. The van der Waals surface area contributed by atoms with Crippen LogP contribution in [-0.4, -0.2) is 13.6 Å². The summed E-state index contributed by atoms with van der Waals surface area (Å²) in [6.07, 6.45) is 1.81. The molecule has 0 atom stereocenters. The van der Waals surface area contributed by atoms with E-state index in [-0.39, 0.29) is 5.41 Å². The topological polar surface area (TPSA) is 9.23 Å². The normalized spacial score (nSPS) is 36.4. The molecule has 0 aromatic heterocycles. The summed E-state index contributed by atoms with van der Waals surface area (Å²) in [5.74, 6) is 0.903. The van der Waals surface area contributed by atoms with E-state index in [1.807, 2.05) is 12.1 Å². The van der Waals surface area contributed by atoms with E-state index in [0.717, 1.165) is 23.3 Å². The molecule has 1 aromatic rings. The summed E-state index contributed by atoms with van der Waals surface area (Å²) in [4.78, 5) is 0. The number of ether oxygens (including phenoxy) is 1. The highest BCUT2D eigenvalue weighted by Crippen LogP contribution is 2.82. The van der Waals surface area contributed by atoms with Crippen molar-refractivity contribution in [2.45, 2.75) is 36.4 Å². The first-order valence-electron chi connectivity index (χ1n) is 6.40. The predicted molar refractivity (Wildman–Crippen MR) is 62.9 cm³/mol. The summed E-state index contributed by atoms with van der Waals surface area (Å²) < 4.78 is 44.0. The van der Waals surface area contributed by atoms with Crippen LogP contribution in [0.5, 0.6) is 5.75 Å². The zero-order valence-electron chi connectivity index (χ0n) is 9.89. The summed E-state index contributed by atoms with van der Waals surface area (Å²) in [6, 6.07) is 5.94. The number of halogens is 3. The Labute approximate surface area is 103 Å². The van der Waals surface area contributed by atoms with Gasteiger partial charge in [0.25, 0.3) is 0 Å². The second-order valence-electron chi connectivity index (χ2n) is 6.17. The molecule has 2 bridgehead atoms. The summed E-state index contributed by atoms with van der Waals surface area (Å²) in [6.45, 7) is -3.97. The second kappa shape index (κ2) is 2.89. The lowest BCUT2D eigenvalue weighted by molar-refractivity contribution is -0.0401. The average Bonchev–Trinajstić information content (AvgIpc) is 2.57. The average molecular weight is 253 g/mol. The fraction of sp³-hybridized carbons (Fsp3) is 0.538. The summed E-state index contributed by atoms with van der Waals surface area (Å²) in [5.41, 5.74) is 2.08.